The van der Waals surface area contributed by atoms with Gasteiger partial charge in [0.2, 0.25) is 12.2 Å². The van der Waals surface area contributed by atoms with Crippen LogP contribution < -0.4 is 31.6 Å². The number of ether oxygens (including phenoxy) is 1. The summed E-state index contributed by atoms with van der Waals surface area (Å²) in [6.07, 6.45) is 21.9. The molecule has 242 valence electrons. The van der Waals surface area contributed by atoms with Crippen LogP contribution in [-0.4, -0.2) is 22.7 Å². The van der Waals surface area contributed by atoms with E-state index >= 15 is 0 Å². The van der Waals surface area contributed by atoms with Crippen LogP contribution in [0.3, 0.4) is 0 Å². The van der Waals surface area contributed by atoms with Gasteiger partial charge in [0.15, 0.2) is 11.3 Å². The zero-order valence-electron chi connectivity index (χ0n) is 27.1. The number of nitrogens with one attached hydrogen (secondary N) is 1. The number of aromatic nitrogens is 2. The quantitative estimate of drug-likeness (QED) is 0.0738. The van der Waals surface area contributed by atoms with E-state index in [4.69, 9.17) is 4.74 Å². The summed E-state index contributed by atoms with van der Waals surface area (Å²) in [5.41, 5.74) is 4.24. The molecule has 0 aliphatic carbocycles. The number of rotatable bonds is 20. The highest BCUT2D eigenvalue weighted by Gasteiger charge is 2.14. The number of amides is 1. The molecule has 1 amide bonds. The Labute approximate surface area is 280 Å². The molecule has 2 heterocycles. The third-order valence-electron chi connectivity index (χ3n) is 8.18. The van der Waals surface area contributed by atoms with Crippen molar-refractivity contribution in [3.63, 3.8) is 0 Å². The van der Waals surface area contributed by atoms with Crippen molar-refractivity contribution < 1.29 is 35.9 Å². The molecule has 0 fully saturated rings. The minimum Gasteiger partial charge on any atom is -1.00 e. The Balaban J connectivity index is 0.00000552. The van der Waals surface area contributed by atoms with E-state index in [2.05, 4.69) is 33.5 Å². The second kappa shape index (κ2) is 19.8. The van der Waals surface area contributed by atoms with Crippen molar-refractivity contribution in [2.24, 2.45) is 0 Å². The van der Waals surface area contributed by atoms with Gasteiger partial charge in [-0.25, -0.2) is 8.97 Å². The monoisotopic (exact) mass is 675 g/mol. The number of carbonyl (C=O) groups excluding carboxylic acids is 2. The summed E-state index contributed by atoms with van der Waals surface area (Å²) in [6, 6.07) is 19.5. The fraction of sp³-hybridized carbons (Fsp3) is 0.447. The van der Waals surface area contributed by atoms with E-state index < -0.39 is 0 Å². The van der Waals surface area contributed by atoms with Crippen molar-refractivity contribution in [3.05, 3.63) is 96.1 Å². The number of para-hydroxylation sites is 1. The fourth-order valence-electron chi connectivity index (χ4n) is 5.70. The summed E-state index contributed by atoms with van der Waals surface area (Å²) in [5, 5.41) is 3.08. The van der Waals surface area contributed by atoms with E-state index in [9.17, 15) is 9.59 Å². The van der Waals surface area contributed by atoms with Crippen LogP contribution >= 0.6 is 0 Å². The zero-order chi connectivity index (χ0) is 31.0. The number of unbranched alkanes of at least 4 members (excludes halogenated alkanes) is 11. The van der Waals surface area contributed by atoms with Crippen molar-refractivity contribution in [3.8, 4) is 5.75 Å². The van der Waals surface area contributed by atoms with Gasteiger partial charge in [0, 0.05) is 11.3 Å². The highest BCUT2D eigenvalue weighted by Crippen LogP contribution is 2.23. The molecule has 0 saturated heterocycles. The number of imidazole rings is 1. The Hall–Kier alpha value is -3.45. The first-order valence-electron chi connectivity index (χ1n) is 16.6. The fourth-order valence-corrected chi connectivity index (χ4v) is 5.70. The van der Waals surface area contributed by atoms with Gasteiger partial charge < -0.3 is 27.0 Å². The molecular formula is C38H50BrN3O3. The number of ketones is 1. The maximum absolute atomic E-state index is 13.1. The number of halogens is 1. The Morgan fingerprint density at radius 1 is 0.822 bits per heavy atom. The standard InChI is InChI=1S/C38H49N3O3.BrH/c1-3-4-5-6-7-8-9-10-11-12-13-18-25-44-37-23-22-32(26-35(37)31(2)42)27-38(43)39-36-21-15-14-19-33(36)28-40-29-34-20-16-17-24-41(34)30-40;/h14-17,19-24,26,29-30H,3-13,18,25,27-28H2,1-2H3;1H. The lowest BCUT2D eigenvalue weighted by atomic mass is 10.0. The average Bonchev–Trinajstić information content (AvgIpc) is 3.43. The van der Waals surface area contributed by atoms with Gasteiger partial charge in [-0.2, -0.15) is 0 Å². The van der Waals surface area contributed by atoms with E-state index in [-0.39, 0.29) is 35.1 Å². The van der Waals surface area contributed by atoms with Gasteiger partial charge in [-0.15, -0.1) is 0 Å². The maximum atomic E-state index is 13.1. The number of anilines is 1. The molecule has 0 unspecified atom stereocenters. The van der Waals surface area contributed by atoms with Crippen molar-refractivity contribution in [1.29, 1.82) is 0 Å². The summed E-state index contributed by atoms with van der Waals surface area (Å²) in [5.74, 6) is 0.426. The average molecular weight is 677 g/mol. The van der Waals surface area contributed by atoms with E-state index in [1.807, 2.05) is 61.1 Å². The summed E-state index contributed by atoms with van der Waals surface area (Å²) < 4.78 is 10.2. The van der Waals surface area contributed by atoms with Gasteiger partial charge >= 0.3 is 0 Å². The highest BCUT2D eigenvalue weighted by atomic mass is 79.9. The molecule has 4 aromatic rings. The number of hydrogen-bond acceptors (Lipinski definition) is 3. The Morgan fingerprint density at radius 2 is 1.49 bits per heavy atom. The predicted molar refractivity (Wildman–Crippen MR) is 178 cm³/mol. The van der Waals surface area contributed by atoms with Crippen molar-refractivity contribution in [1.82, 2.24) is 4.40 Å². The zero-order valence-corrected chi connectivity index (χ0v) is 28.7. The van der Waals surface area contributed by atoms with Crippen LogP contribution in [0.25, 0.3) is 5.52 Å². The van der Waals surface area contributed by atoms with E-state index in [0.717, 1.165) is 35.2 Å². The van der Waals surface area contributed by atoms with Gasteiger partial charge in [-0.05, 0) is 49.2 Å². The number of benzene rings is 2. The Morgan fingerprint density at radius 3 is 2.18 bits per heavy atom. The lowest BCUT2D eigenvalue weighted by molar-refractivity contribution is -0.686. The van der Waals surface area contributed by atoms with Crippen molar-refractivity contribution in [2.45, 2.75) is 104 Å². The van der Waals surface area contributed by atoms with Crippen molar-refractivity contribution in [2.75, 3.05) is 11.9 Å². The Bertz CT molecular complexity index is 1450. The SMILES string of the molecule is CCCCCCCCCCCCCCOc1ccc(CC(=O)Nc2ccccc2C[n+]2cc3ccccn3c2)cc1C(C)=O.[Br-]. The molecular weight excluding hydrogens is 626 g/mol. The number of carbonyl (C=O) groups is 2. The van der Waals surface area contributed by atoms with Crippen LogP contribution in [-0.2, 0) is 17.8 Å². The van der Waals surface area contributed by atoms with Gasteiger partial charge in [0.05, 0.1) is 24.8 Å². The van der Waals surface area contributed by atoms with Gasteiger partial charge in [-0.1, -0.05) is 108 Å². The Kier molecular flexibility index (Phi) is 15.9. The van der Waals surface area contributed by atoms with Crippen LogP contribution in [0.1, 0.15) is 112 Å². The lowest BCUT2D eigenvalue weighted by Crippen LogP contribution is -3.00. The number of pyridine rings is 1. The third kappa shape index (κ3) is 12.1. The molecule has 7 heteroatoms. The molecule has 6 nitrogen and oxygen atoms in total. The molecule has 4 rings (SSSR count). The second-order valence-electron chi connectivity index (χ2n) is 12.0. The molecule has 0 radical (unpaired) electrons. The first kappa shape index (κ1) is 36.0. The molecule has 0 aliphatic heterocycles. The number of fused-ring (bicyclic) bond motifs is 1. The van der Waals surface area contributed by atoms with Crippen LogP contribution in [0, 0.1) is 0 Å². The molecule has 0 atom stereocenters. The summed E-state index contributed by atoms with van der Waals surface area (Å²) in [7, 11) is 0. The first-order chi connectivity index (χ1) is 21.5. The molecule has 2 aromatic heterocycles. The number of nitrogens with zero attached hydrogens (tertiary/aromatic N) is 2. The minimum absolute atomic E-state index is 0. The van der Waals surface area contributed by atoms with Crippen LogP contribution in [0.15, 0.2) is 79.4 Å². The molecule has 0 saturated carbocycles. The largest absolute Gasteiger partial charge is 1.00 e. The molecule has 1 N–H and O–H groups in total. The molecule has 0 bridgehead atoms. The van der Waals surface area contributed by atoms with E-state index in [1.165, 1.54) is 64.2 Å². The van der Waals surface area contributed by atoms with Gasteiger partial charge in [0.25, 0.3) is 0 Å². The number of hydrogen-bond donors (Lipinski definition) is 1. The molecule has 45 heavy (non-hydrogen) atoms. The normalized spacial score (nSPS) is 10.9. The lowest BCUT2D eigenvalue weighted by Gasteiger charge is -2.13. The van der Waals surface area contributed by atoms with Crippen LogP contribution in [0.5, 0.6) is 5.75 Å². The van der Waals surface area contributed by atoms with E-state index in [1.54, 1.807) is 13.0 Å². The van der Waals surface area contributed by atoms with Crippen LogP contribution in [0.4, 0.5) is 5.69 Å². The molecule has 2 aromatic carbocycles. The minimum atomic E-state index is -0.121. The third-order valence-corrected chi connectivity index (χ3v) is 8.18. The van der Waals surface area contributed by atoms with Crippen molar-refractivity contribution >= 4 is 22.9 Å². The van der Waals surface area contributed by atoms with E-state index in [0.29, 0.717) is 24.5 Å². The summed E-state index contributed by atoms with van der Waals surface area (Å²) in [6.45, 7) is 5.05. The maximum Gasteiger partial charge on any atom is 0.249 e. The number of Topliss-reactive ketones (excluding diaryl/α,β-unsaturated/α-hetero) is 1. The molecule has 0 aliphatic rings. The summed E-state index contributed by atoms with van der Waals surface area (Å²) in [4.78, 5) is 25.5. The summed E-state index contributed by atoms with van der Waals surface area (Å²) >= 11 is 0. The smallest absolute Gasteiger partial charge is 0.249 e. The van der Waals surface area contributed by atoms with Crippen LogP contribution in [0.2, 0.25) is 0 Å². The predicted octanol–water partition coefficient (Wildman–Crippen LogP) is 5.74. The first-order valence-corrected chi connectivity index (χ1v) is 16.6. The molecule has 0 spiro atoms. The van der Waals surface area contributed by atoms with Gasteiger partial charge in [0.1, 0.15) is 18.5 Å². The second-order valence-corrected chi connectivity index (χ2v) is 12.0. The van der Waals surface area contributed by atoms with Gasteiger partial charge in [-0.3, -0.25) is 9.59 Å². The topological polar surface area (TPSA) is 63.7 Å². The highest BCUT2D eigenvalue weighted by molar-refractivity contribution is 5.98.